The SMILES string of the molecule is NC(=O)C1Cc2ccccc2CN1CC(=O)Nc1ccc(Oc2ccccc2Cl)cc1. The zero-order chi connectivity index (χ0) is 21.8. The largest absolute Gasteiger partial charge is 0.456 e. The van der Waals surface area contributed by atoms with Gasteiger partial charge in [-0.25, -0.2) is 0 Å². The minimum absolute atomic E-state index is 0.0693. The van der Waals surface area contributed by atoms with Crippen molar-refractivity contribution in [3.63, 3.8) is 0 Å². The van der Waals surface area contributed by atoms with Crippen molar-refractivity contribution in [3.05, 3.63) is 88.9 Å². The number of benzene rings is 3. The first-order valence-corrected chi connectivity index (χ1v) is 10.3. The summed E-state index contributed by atoms with van der Waals surface area (Å²) in [5.74, 6) is 0.519. The Morgan fingerprint density at radius 3 is 2.39 bits per heavy atom. The number of hydrogen-bond acceptors (Lipinski definition) is 4. The van der Waals surface area contributed by atoms with Gasteiger partial charge >= 0.3 is 0 Å². The predicted octanol–water partition coefficient (Wildman–Crippen LogP) is 3.98. The van der Waals surface area contributed by atoms with E-state index in [1.54, 1.807) is 36.4 Å². The summed E-state index contributed by atoms with van der Waals surface area (Å²) in [6, 6.07) is 21.6. The molecular weight excluding hydrogens is 414 g/mol. The minimum Gasteiger partial charge on any atom is -0.456 e. The highest BCUT2D eigenvalue weighted by molar-refractivity contribution is 6.32. The van der Waals surface area contributed by atoms with E-state index >= 15 is 0 Å². The summed E-state index contributed by atoms with van der Waals surface area (Å²) in [4.78, 5) is 26.4. The van der Waals surface area contributed by atoms with E-state index in [4.69, 9.17) is 22.1 Å². The molecule has 7 heteroatoms. The maximum absolute atomic E-state index is 12.6. The number of nitrogens with two attached hydrogens (primary N) is 1. The third-order valence-corrected chi connectivity index (χ3v) is 5.54. The van der Waals surface area contributed by atoms with Gasteiger partial charge in [-0.05, 0) is 53.9 Å². The Hall–Kier alpha value is -3.35. The molecule has 3 aromatic rings. The molecule has 1 aliphatic rings. The molecule has 4 rings (SSSR count). The van der Waals surface area contributed by atoms with Crippen LogP contribution in [0.1, 0.15) is 11.1 Å². The van der Waals surface area contributed by atoms with Gasteiger partial charge in [0.15, 0.2) is 0 Å². The third kappa shape index (κ3) is 5.05. The monoisotopic (exact) mass is 435 g/mol. The van der Waals surface area contributed by atoms with Crippen molar-refractivity contribution in [2.24, 2.45) is 5.73 Å². The standard InChI is InChI=1S/C24H22ClN3O3/c25-20-7-3-4-8-22(20)31-19-11-9-18(10-12-19)27-23(29)15-28-14-17-6-2-1-5-16(17)13-21(28)24(26)30/h1-12,21H,13-15H2,(H2,26,30)(H,27,29). The van der Waals surface area contributed by atoms with Crippen molar-refractivity contribution in [2.75, 3.05) is 11.9 Å². The van der Waals surface area contributed by atoms with Crippen LogP contribution in [0.2, 0.25) is 5.02 Å². The summed E-state index contributed by atoms with van der Waals surface area (Å²) < 4.78 is 5.76. The number of carbonyl (C=O) groups is 2. The summed E-state index contributed by atoms with van der Waals surface area (Å²) in [7, 11) is 0. The summed E-state index contributed by atoms with van der Waals surface area (Å²) in [5.41, 5.74) is 8.43. The minimum atomic E-state index is -0.507. The van der Waals surface area contributed by atoms with Crippen LogP contribution in [0.25, 0.3) is 0 Å². The van der Waals surface area contributed by atoms with Gasteiger partial charge < -0.3 is 15.8 Å². The maximum Gasteiger partial charge on any atom is 0.238 e. The van der Waals surface area contributed by atoms with E-state index in [0.29, 0.717) is 35.2 Å². The van der Waals surface area contributed by atoms with E-state index in [1.165, 1.54) is 0 Å². The summed E-state index contributed by atoms with van der Waals surface area (Å²) in [5, 5.41) is 3.38. The van der Waals surface area contributed by atoms with Gasteiger partial charge in [0.05, 0.1) is 17.6 Å². The lowest BCUT2D eigenvalue weighted by atomic mass is 9.93. The fourth-order valence-electron chi connectivity index (χ4n) is 3.67. The van der Waals surface area contributed by atoms with Crippen LogP contribution in [-0.4, -0.2) is 29.3 Å². The Labute approximate surface area is 185 Å². The molecule has 6 nitrogen and oxygen atoms in total. The molecular formula is C24H22ClN3O3. The molecule has 31 heavy (non-hydrogen) atoms. The number of carbonyl (C=O) groups excluding carboxylic acids is 2. The van der Waals surface area contributed by atoms with Crippen LogP contribution in [0, 0.1) is 0 Å². The van der Waals surface area contributed by atoms with Gasteiger partial charge in [0, 0.05) is 12.2 Å². The maximum atomic E-state index is 12.6. The zero-order valence-electron chi connectivity index (χ0n) is 16.8. The van der Waals surface area contributed by atoms with Crippen molar-refractivity contribution in [1.29, 1.82) is 0 Å². The van der Waals surface area contributed by atoms with Crippen LogP contribution in [0.3, 0.4) is 0 Å². The highest BCUT2D eigenvalue weighted by Crippen LogP contribution is 2.29. The van der Waals surface area contributed by atoms with Gasteiger partial charge in [0.1, 0.15) is 11.5 Å². The molecule has 0 spiro atoms. The number of rotatable bonds is 6. The zero-order valence-corrected chi connectivity index (χ0v) is 17.5. The van der Waals surface area contributed by atoms with Crippen LogP contribution < -0.4 is 15.8 Å². The summed E-state index contributed by atoms with van der Waals surface area (Å²) in [6.07, 6.45) is 0.507. The van der Waals surface area contributed by atoms with Gasteiger partial charge in [0.2, 0.25) is 11.8 Å². The Balaban J connectivity index is 1.39. The van der Waals surface area contributed by atoms with Crippen molar-refractivity contribution in [3.8, 4) is 11.5 Å². The van der Waals surface area contributed by atoms with E-state index in [0.717, 1.165) is 11.1 Å². The lowest BCUT2D eigenvalue weighted by Crippen LogP contribution is -2.50. The topological polar surface area (TPSA) is 84.7 Å². The second-order valence-corrected chi connectivity index (χ2v) is 7.81. The number of hydrogen-bond donors (Lipinski definition) is 2. The summed E-state index contributed by atoms with van der Waals surface area (Å²) in [6.45, 7) is 0.571. The van der Waals surface area contributed by atoms with Crippen LogP contribution in [-0.2, 0) is 22.6 Å². The molecule has 1 atom stereocenters. The van der Waals surface area contributed by atoms with Gasteiger partial charge in [-0.1, -0.05) is 48.0 Å². The Bertz CT molecular complexity index is 1100. The number of halogens is 1. The lowest BCUT2D eigenvalue weighted by molar-refractivity contribution is -0.125. The highest BCUT2D eigenvalue weighted by Gasteiger charge is 2.31. The number of nitrogens with one attached hydrogen (secondary N) is 1. The first kappa shape index (κ1) is 20.9. The molecule has 1 heterocycles. The predicted molar refractivity (Wildman–Crippen MR) is 120 cm³/mol. The van der Waals surface area contributed by atoms with Crippen molar-refractivity contribution in [2.45, 2.75) is 19.0 Å². The van der Waals surface area contributed by atoms with E-state index in [-0.39, 0.29) is 12.5 Å². The van der Waals surface area contributed by atoms with Crippen molar-refractivity contribution < 1.29 is 14.3 Å². The molecule has 0 saturated carbocycles. The second kappa shape index (κ2) is 9.20. The molecule has 158 valence electrons. The van der Waals surface area contributed by atoms with E-state index in [1.807, 2.05) is 41.3 Å². The fourth-order valence-corrected chi connectivity index (χ4v) is 3.84. The molecule has 1 unspecified atom stereocenters. The third-order valence-electron chi connectivity index (χ3n) is 5.22. The number of para-hydroxylation sites is 1. The number of amides is 2. The molecule has 3 N–H and O–H groups in total. The highest BCUT2D eigenvalue weighted by atomic mass is 35.5. The number of ether oxygens (including phenoxy) is 1. The Kier molecular flexibility index (Phi) is 6.21. The normalized spacial score (nSPS) is 15.7. The smallest absolute Gasteiger partial charge is 0.238 e. The molecule has 3 aromatic carbocycles. The van der Waals surface area contributed by atoms with Gasteiger partial charge in [-0.3, -0.25) is 14.5 Å². The Morgan fingerprint density at radius 1 is 1.00 bits per heavy atom. The number of primary amides is 1. The second-order valence-electron chi connectivity index (χ2n) is 7.40. The number of fused-ring (bicyclic) bond motifs is 1. The average Bonchev–Trinajstić information content (AvgIpc) is 2.76. The molecule has 0 bridgehead atoms. The molecule has 2 amide bonds. The van der Waals surface area contributed by atoms with E-state index in [9.17, 15) is 9.59 Å². The van der Waals surface area contributed by atoms with Crippen molar-refractivity contribution in [1.82, 2.24) is 4.90 Å². The van der Waals surface area contributed by atoms with Crippen LogP contribution in [0.4, 0.5) is 5.69 Å². The van der Waals surface area contributed by atoms with E-state index in [2.05, 4.69) is 5.32 Å². The Morgan fingerprint density at radius 2 is 1.68 bits per heavy atom. The lowest BCUT2D eigenvalue weighted by Gasteiger charge is -2.34. The van der Waals surface area contributed by atoms with Crippen molar-refractivity contribution >= 4 is 29.1 Å². The average molecular weight is 436 g/mol. The molecule has 0 fully saturated rings. The van der Waals surface area contributed by atoms with Gasteiger partial charge in [-0.15, -0.1) is 0 Å². The quantitative estimate of drug-likeness (QED) is 0.613. The fraction of sp³-hybridized carbons (Fsp3) is 0.167. The van der Waals surface area contributed by atoms with Crippen LogP contribution in [0.15, 0.2) is 72.8 Å². The molecule has 0 radical (unpaired) electrons. The van der Waals surface area contributed by atoms with E-state index < -0.39 is 11.9 Å². The molecule has 1 aliphatic heterocycles. The first-order chi connectivity index (χ1) is 15.0. The van der Waals surface area contributed by atoms with Crippen LogP contribution in [0.5, 0.6) is 11.5 Å². The molecule has 0 aromatic heterocycles. The first-order valence-electron chi connectivity index (χ1n) is 9.92. The molecule has 0 aliphatic carbocycles. The number of nitrogens with zero attached hydrogens (tertiary/aromatic N) is 1. The molecule has 0 saturated heterocycles. The number of anilines is 1. The van der Waals surface area contributed by atoms with Gasteiger partial charge in [-0.2, -0.15) is 0 Å². The van der Waals surface area contributed by atoms with Crippen LogP contribution >= 0.6 is 11.6 Å². The van der Waals surface area contributed by atoms with Gasteiger partial charge in [0.25, 0.3) is 0 Å². The summed E-state index contributed by atoms with van der Waals surface area (Å²) >= 11 is 6.11.